The molecule has 4 rings (SSSR count). The highest BCUT2D eigenvalue weighted by Gasteiger charge is 2.35. The van der Waals surface area contributed by atoms with Gasteiger partial charge in [-0.15, -0.1) is 5.10 Å². The van der Waals surface area contributed by atoms with Gasteiger partial charge in [-0.3, -0.25) is 14.9 Å². The Hall–Kier alpha value is -3.68. The van der Waals surface area contributed by atoms with Crippen LogP contribution in [0.15, 0.2) is 52.9 Å². The van der Waals surface area contributed by atoms with Crippen molar-refractivity contribution < 1.29 is 18.7 Å². The molecular formula is C24H26N4O4. The lowest BCUT2D eigenvalue weighted by Crippen LogP contribution is -2.24. The van der Waals surface area contributed by atoms with E-state index < -0.39 is 0 Å². The van der Waals surface area contributed by atoms with Gasteiger partial charge in [0.05, 0.1) is 13.0 Å². The molecule has 1 fully saturated rings. The molecule has 0 aliphatic carbocycles. The van der Waals surface area contributed by atoms with Gasteiger partial charge in [0.25, 0.3) is 5.91 Å². The second kappa shape index (κ2) is 8.45. The van der Waals surface area contributed by atoms with Crippen molar-refractivity contribution in [3.63, 3.8) is 0 Å². The van der Waals surface area contributed by atoms with E-state index >= 15 is 0 Å². The molecule has 0 spiro atoms. The quantitative estimate of drug-likeness (QED) is 0.648. The number of carbonyl (C=O) groups excluding carboxylic acids is 2. The van der Waals surface area contributed by atoms with Crippen LogP contribution >= 0.6 is 0 Å². The Morgan fingerprint density at radius 3 is 2.41 bits per heavy atom. The second-order valence-corrected chi connectivity index (χ2v) is 8.83. The van der Waals surface area contributed by atoms with Gasteiger partial charge in [-0.25, -0.2) is 0 Å². The lowest BCUT2D eigenvalue weighted by Gasteiger charge is -2.18. The summed E-state index contributed by atoms with van der Waals surface area (Å²) in [6.45, 7) is 6.78. The molecule has 1 aliphatic rings. The van der Waals surface area contributed by atoms with E-state index in [0.29, 0.717) is 18.0 Å². The minimum absolute atomic E-state index is 0.00874. The SMILES string of the molecule is COc1ccc(N2C[C@H](c3nnc(NC(=O)c4ccc(C(C)(C)C)cc4)o3)CC2=O)cc1. The van der Waals surface area contributed by atoms with Gasteiger partial charge in [-0.05, 0) is 47.4 Å². The van der Waals surface area contributed by atoms with E-state index in [4.69, 9.17) is 9.15 Å². The van der Waals surface area contributed by atoms with Crippen LogP contribution in [0.4, 0.5) is 11.7 Å². The molecule has 0 saturated carbocycles. The molecule has 1 N–H and O–H groups in total. The van der Waals surface area contributed by atoms with Crippen molar-refractivity contribution in [2.24, 2.45) is 0 Å². The highest BCUT2D eigenvalue weighted by atomic mass is 16.5. The Labute approximate surface area is 186 Å². The van der Waals surface area contributed by atoms with Gasteiger partial charge in [0.1, 0.15) is 5.75 Å². The van der Waals surface area contributed by atoms with Crippen LogP contribution in [0.2, 0.25) is 0 Å². The number of anilines is 2. The third-order valence-corrected chi connectivity index (χ3v) is 5.53. The van der Waals surface area contributed by atoms with Gasteiger partial charge in [0, 0.05) is 24.2 Å². The summed E-state index contributed by atoms with van der Waals surface area (Å²) in [5, 5.41) is 10.6. The molecule has 2 aromatic carbocycles. The zero-order valence-corrected chi connectivity index (χ0v) is 18.6. The minimum Gasteiger partial charge on any atom is -0.497 e. The van der Waals surface area contributed by atoms with E-state index in [2.05, 4.69) is 36.3 Å². The maximum absolute atomic E-state index is 12.5. The standard InChI is InChI=1S/C24H26N4O4/c1-24(2,3)17-7-5-15(6-8-17)21(30)25-23-27-26-22(32-23)16-13-20(29)28(14-16)18-9-11-19(31-4)12-10-18/h5-12,16H,13-14H2,1-4H3,(H,25,27,30)/t16-/m1/s1. The van der Waals surface area contributed by atoms with Crippen LogP contribution in [0.3, 0.4) is 0 Å². The summed E-state index contributed by atoms with van der Waals surface area (Å²) in [7, 11) is 1.60. The van der Waals surface area contributed by atoms with Crippen LogP contribution in [0, 0.1) is 0 Å². The largest absolute Gasteiger partial charge is 0.497 e. The number of aromatic nitrogens is 2. The summed E-state index contributed by atoms with van der Waals surface area (Å²) < 4.78 is 10.8. The molecule has 0 radical (unpaired) electrons. The number of hydrogen-bond acceptors (Lipinski definition) is 6. The molecule has 166 valence electrons. The van der Waals surface area contributed by atoms with Crippen molar-refractivity contribution in [2.75, 3.05) is 23.9 Å². The summed E-state index contributed by atoms with van der Waals surface area (Å²) in [6, 6.07) is 14.7. The summed E-state index contributed by atoms with van der Waals surface area (Å²) in [6.07, 6.45) is 0.260. The second-order valence-electron chi connectivity index (χ2n) is 8.83. The first-order chi connectivity index (χ1) is 15.2. The Bertz CT molecular complexity index is 1110. The van der Waals surface area contributed by atoms with Gasteiger partial charge in [0.2, 0.25) is 11.8 Å². The number of hydrogen-bond donors (Lipinski definition) is 1. The molecule has 1 saturated heterocycles. The van der Waals surface area contributed by atoms with Gasteiger partial charge < -0.3 is 14.1 Å². The van der Waals surface area contributed by atoms with Crippen LogP contribution in [0.1, 0.15) is 54.9 Å². The van der Waals surface area contributed by atoms with Crippen molar-refractivity contribution in [1.29, 1.82) is 0 Å². The van der Waals surface area contributed by atoms with Gasteiger partial charge >= 0.3 is 6.01 Å². The van der Waals surface area contributed by atoms with Crippen molar-refractivity contribution in [1.82, 2.24) is 10.2 Å². The van der Waals surface area contributed by atoms with E-state index in [-0.39, 0.29) is 35.6 Å². The fourth-order valence-corrected chi connectivity index (χ4v) is 3.63. The van der Waals surface area contributed by atoms with Crippen molar-refractivity contribution in [2.45, 2.75) is 38.5 Å². The molecule has 8 nitrogen and oxygen atoms in total. The molecule has 32 heavy (non-hydrogen) atoms. The Balaban J connectivity index is 1.41. The predicted octanol–water partition coefficient (Wildman–Crippen LogP) is 4.15. The summed E-state index contributed by atoms with van der Waals surface area (Å²) in [5.74, 6) is 0.453. The summed E-state index contributed by atoms with van der Waals surface area (Å²) >= 11 is 0. The molecule has 1 aliphatic heterocycles. The molecular weight excluding hydrogens is 408 g/mol. The summed E-state index contributed by atoms with van der Waals surface area (Å²) in [4.78, 5) is 26.7. The molecule has 0 unspecified atom stereocenters. The molecule has 2 heterocycles. The van der Waals surface area contributed by atoms with E-state index in [1.165, 1.54) is 0 Å². The zero-order chi connectivity index (χ0) is 22.9. The Kier molecular flexibility index (Phi) is 5.69. The van der Waals surface area contributed by atoms with Crippen LogP contribution < -0.4 is 15.0 Å². The maximum atomic E-state index is 12.5. The van der Waals surface area contributed by atoms with Gasteiger partial charge in [-0.1, -0.05) is 38.0 Å². The van der Waals surface area contributed by atoms with Crippen molar-refractivity contribution in [3.8, 4) is 5.75 Å². The highest BCUT2D eigenvalue weighted by molar-refractivity contribution is 6.03. The number of carbonyl (C=O) groups is 2. The van der Waals surface area contributed by atoms with Crippen LogP contribution in [0.5, 0.6) is 5.75 Å². The fourth-order valence-electron chi connectivity index (χ4n) is 3.63. The molecule has 0 bridgehead atoms. The molecule has 1 aromatic heterocycles. The Morgan fingerprint density at radius 1 is 1.09 bits per heavy atom. The minimum atomic E-state index is -0.331. The number of rotatable bonds is 5. The van der Waals surface area contributed by atoms with E-state index in [0.717, 1.165) is 17.0 Å². The highest BCUT2D eigenvalue weighted by Crippen LogP contribution is 2.32. The normalized spacial score (nSPS) is 16.3. The third-order valence-electron chi connectivity index (χ3n) is 5.53. The number of ether oxygens (including phenoxy) is 1. The van der Waals surface area contributed by atoms with Crippen LogP contribution in [-0.2, 0) is 10.2 Å². The smallest absolute Gasteiger partial charge is 0.322 e. The van der Waals surface area contributed by atoms with Gasteiger partial charge in [0.15, 0.2) is 0 Å². The van der Waals surface area contributed by atoms with Gasteiger partial charge in [-0.2, -0.15) is 0 Å². The average molecular weight is 434 g/mol. The predicted molar refractivity (Wildman–Crippen MR) is 120 cm³/mol. The number of amides is 2. The lowest BCUT2D eigenvalue weighted by atomic mass is 9.87. The van der Waals surface area contributed by atoms with E-state index in [1.54, 1.807) is 24.1 Å². The third kappa shape index (κ3) is 4.49. The number of methoxy groups -OCH3 is 1. The number of benzene rings is 2. The first kappa shape index (κ1) is 21.5. The van der Waals surface area contributed by atoms with Crippen molar-refractivity contribution in [3.05, 3.63) is 65.5 Å². The molecule has 3 aromatic rings. The van der Waals surface area contributed by atoms with E-state index in [1.807, 2.05) is 36.4 Å². The molecule has 2 amide bonds. The first-order valence-electron chi connectivity index (χ1n) is 10.4. The monoisotopic (exact) mass is 434 g/mol. The molecule has 1 atom stereocenters. The number of nitrogens with one attached hydrogen (secondary N) is 1. The topological polar surface area (TPSA) is 97.6 Å². The fraction of sp³-hybridized carbons (Fsp3) is 0.333. The van der Waals surface area contributed by atoms with E-state index in [9.17, 15) is 9.59 Å². The first-order valence-corrected chi connectivity index (χ1v) is 10.4. The van der Waals surface area contributed by atoms with Crippen LogP contribution in [0.25, 0.3) is 0 Å². The average Bonchev–Trinajstić information content (AvgIpc) is 3.40. The lowest BCUT2D eigenvalue weighted by molar-refractivity contribution is -0.117. The Morgan fingerprint density at radius 2 is 1.78 bits per heavy atom. The zero-order valence-electron chi connectivity index (χ0n) is 18.6. The maximum Gasteiger partial charge on any atom is 0.322 e. The number of nitrogens with zero attached hydrogens (tertiary/aromatic N) is 3. The summed E-state index contributed by atoms with van der Waals surface area (Å²) in [5.41, 5.74) is 2.43. The van der Waals surface area contributed by atoms with Crippen LogP contribution in [-0.4, -0.2) is 35.7 Å². The van der Waals surface area contributed by atoms with Crippen molar-refractivity contribution >= 4 is 23.5 Å². The molecule has 8 heteroatoms.